The fourth-order valence-electron chi connectivity index (χ4n) is 2.93. The summed E-state index contributed by atoms with van der Waals surface area (Å²) in [6.07, 6.45) is 8.10. The molecule has 0 aliphatic carbocycles. The zero-order valence-electron chi connectivity index (χ0n) is 17.2. The van der Waals surface area contributed by atoms with Crippen molar-refractivity contribution < 1.29 is 19.1 Å². The molecule has 0 saturated carbocycles. The molecule has 0 saturated heterocycles. The quantitative estimate of drug-likeness (QED) is 0.230. The Labute approximate surface area is 178 Å². The first-order valence-corrected chi connectivity index (χ1v) is 10.6. The number of unbranched alkanes of at least 4 members (excludes halogenated alkanes) is 6. The molecule has 29 heavy (non-hydrogen) atoms. The Kier molecular flexibility index (Phi) is 9.72. The molecule has 0 aliphatic rings. The predicted molar refractivity (Wildman–Crippen MR) is 116 cm³/mol. The van der Waals surface area contributed by atoms with Crippen LogP contribution in [0.25, 0.3) is 0 Å². The van der Waals surface area contributed by atoms with Gasteiger partial charge in [0.15, 0.2) is 0 Å². The minimum absolute atomic E-state index is 0.271. The van der Waals surface area contributed by atoms with E-state index in [1.165, 1.54) is 38.2 Å². The van der Waals surface area contributed by atoms with Gasteiger partial charge in [-0.3, -0.25) is 0 Å². The van der Waals surface area contributed by atoms with E-state index in [9.17, 15) is 9.59 Å². The van der Waals surface area contributed by atoms with Crippen molar-refractivity contribution in [3.8, 4) is 5.75 Å². The van der Waals surface area contributed by atoms with E-state index in [1.807, 2.05) is 13.0 Å². The van der Waals surface area contributed by atoms with Crippen LogP contribution >= 0.6 is 11.6 Å². The molecule has 0 fully saturated rings. The summed E-state index contributed by atoms with van der Waals surface area (Å²) in [7, 11) is 0. The average Bonchev–Trinajstić information content (AvgIpc) is 2.72. The second-order valence-corrected chi connectivity index (χ2v) is 7.57. The Bertz CT molecular complexity index is 816. The fourth-order valence-corrected chi connectivity index (χ4v) is 3.08. The molecular weight excluding hydrogens is 388 g/mol. The summed E-state index contributed by atoms with van der Waals surface area (Å²) >= 11 is 6.08. The minimum Gasteiger partial charge on any atom is -0.462 e. The number of carbonyl (C=O) groups is 2. The van der Waals surface area contributed by atoms with Crippen LogP contribution in [-0.2, 0) is 4.74 Å². The lowest BCUT2D eigenvalue weighted by molar-refractivity contribution is 0.0497. The maximum atomic E-state index is 12.4. The van der Waals surface area contributed by atoms with Gasteiger partial charge in [0.2, 0.25) is 0 Å². The van der Waals surface area contributed by atoms with Crippen molar-refractivity contribution in [2.24, 2.45) is 0 Å². The van der Waals surface area contributed by atoms with Gasteiger partial charge < -0.3 is 9.47 Å². The smallest absolute Gasteiger partial charge is 0.343 e. The maximum absolute atomic E-state index is 12.4. The highest BCUT2D eigenvalue weighted by Gasteiger charge is 2.14. The summed E-state index contributed by atoms with van der Waals surface area (Å²) in [4.78, 5) is 24.7. The molecular formula is C24H29ClO4. The highest BCUT2D eigenvalue weighted by atomic mass is 35.5. The largest absolute Gasteiger partial charge is 0.462 e. The molecule has 2 rings (SSSR count). The number of benzene rings is 2. The Morgan fingerprint density at radius 3 is 2.24 bits per heavy atom. The maximum Gasteiger partial charge on any atom is 0.343 e. The SMILES string of the molecule is CCCCCCCCCOC(=O)c1cccc(C(=O)Oc2cc(C)ccc2Cl)c1. The molecule has 156 valence electrons. The van der Waals surface area contributed by atoms with E-state index in [4.69, 9.17) is 21.1 Å². The van der Waals surface area contributed by atoms with Gasteiger partial charge in [-0.05, 0) is 49.2 Å². The summed E-state index contributed by atoms with van der Waals surface area (Å²) in [5.74, 6) is -0.706. The molecule has 0 heterocycles. The van der Waals surface area contributed by atoms with Gasteiger partial charge in [-0.1, -0.05) is 69.2 Å². The van der Waals surface area contributed by atoms with Gasteiger partial charge in [-0.25, -0.2) is 9.59 Å². The second-order valence-electron chi connectivity index (χ2n) is 7.16. The average molecular weight is 417 g/mol. The third-order valence-electron chi connectivity index (χ3n) is 4.60. The molecule has 0 atom stereocenters. The van der Waals surface area contributed by atoms with Crippen LogP contribution in [0, 0.1) is 6.92 Å². The van der Waals surface area contributed by atoms with Crippen LogP contribution < -0.4 is 4.74 Å². The van der Waals surface area contributed by atoms with Gasteiger partial charge in [0, 0.05) is 0 Å². The Morgan fingerprint density at radius 1 is 0.862 bits per heavy atom. The van der Waals surface area contributed by atoms with Crippen molar-refractivity contribution >= 4 is 23.5 Å². The highest BCUT2D eigenvalue weighted by molar-refractivity contribution is 6.32. The van der Waals surface area contributed by atoms with E-state index in [0.717, 1.165) is 18.4 Å². The number of hydrogen-bond donors (Lipinski definition) is 0. The van der Waals surface area contributed by atoms with E-state index in [1.54, 1.807) is 30.3 Å². The van der Waals surface area contributed by atoms with Crippen LogP contribution in [0.2, 0.25) is 5.02 Å². The van der Waals surface area contributed by atoms with Gasteiger partial charge in [-0.15, -0.1) is 0 Å². The molecule has 0 aliphatic heterocycles. The first-order valence-electron chi connectivity index (χ1n) is 10.3. The number of hydrogen-bond acceptors (Lipinski definition) is 4. The van der Waals surface area contributed by atoms with E-state index in [0.29, 0.717) is 22.9 Å². The van der Waals surface area contributed by atoms with Gasteiger partial charge in [0.25, 0.3) is 0 Å². The topological polar surface area (TPSA) is 52.6 Å². The zero-order valence-corrected chi connectivity index (χ0v) is 18.0. The van der Waals surface area contributed by atoms with E-state index in [-0.39, 0.29) is 5.56 Å². The molecule has 0 aromatic heterocycles. The van der Waals surface area contributed by atoms with E-state index < -0.39 is 11.9 Å². The van der Waals surface area contributed by atoms with Crippen LogP contribution in [0.3, 0.4) is 0 Å². The molecule has 5 heteroatoms. The first-order chi connectivity index (χ1) is 14.0. The van der Waals surface area contributed by atoms with E-state index >= 15 is 0 Å². The highest BCUT2D eigenvalue weighted by Crippen LogP contribution is 2.26. The predicted octanol–water partition coefficient (Wildman–Crippen LogP) is 6.78. The zero-order chi connectivity index (χ0) is 21.1. The number of carbonyl (C=O) groups excluding carboxylic acids is 2. The molecule has 4 nitrogen and oxygen atoms in total. The lowest BCUT2D eigenvalue weighted by Crippen LogP contribution is -2.12. The number of ether oxygens (including phenoxy) is 2. The number of esters is 2. The van der Waals surface area contributed by atoms with Gasteiger partial charge >= 0.3 is 11.9 Å². The summed E-state index contributed by atoms with van der Waals surface area (Å²) in [6.45, 7) is 4.47. The van der Waals surface area contributed by atoms with Gasteiger partial charge in [0.05, 0.1) is 22.8 Å². The van der Waals surface area contributed by atoms with Crippen molar-refractivity contribution in [3.63, 3.8) is 0 Å². The molecule has 0 radical (unpaired) electrons. The Balaban J connectivity index is 1.84. The molecule has 0 spiro atoms. The van der Waals surface area contributed by atoms with Crippen LogP contribution in [0.15, 0.2) is 42.5 Å². The molecule has 0 amide bonds. The number of aryl methyl sites for hydroxylation is 1. The van der Waals surface area contributed by atoms with Crippen LogP contribution in [0.5, 0.6) is 5.75 Å². The first kappa shape index (κ1) is 23.0. The third kappa shape index (κ3) is 7.90. The monoisotopic (exact) mass is 416 g/mol. The molecule has 2 aromatic carbocycles. The summed E-state index contributed by atoms with van der Waals surface area (Å²) < 4.78 is 10.7. The van der Waals surface area contributed by atoms with Gasteiger partial charge in [0.1, 0.15) is 5.75 Å². The molecule has 0 N–H and O–H groups in total. The van der Waals surface area contributed by atoms with Crippen molar-refractivity contribution in [3.05, 3.63) is 64.2 Å². The van der Waals surface area contributed by atoms with E-state index in [2.05, 4.69) is 6.92 Å². The minimum atomic E-state index is -0.570. The van der Waals surface area contributed by atoms with Crippen molar-refractivity contribution in [1.29, 1.82) is 0 Å². The normalized spacial score (nSPS) is 10.6. The standard InChI is InChI=1S/C24H29ClO4/c1-3-4-5-6-7-8-9-15-28-23(26)19-11-10-12-20(17-19)24(27)29-22-16-18(2)13-14-21(22)25/h10-14,16-17H,3-9,15H2,1-2H3. The Morgan fingerprint density at radius 2 is 1.52 bits per heavy atom. The second kappa shape index (κ2) is 12.3. The number of rotatable bonds is 11. The number of halogens is 1. The van der Waals surface area contributed by atoms with Crippen LogP contribution in [0.4, 0.5) is 0 Å². The van der Waals surface area contributed by atoms with Gasteiger partial charge in [-0.2, -0.15) is 0 Å². The summed E-state index contributed by atoms with van der Waals surface area (Å²) in [6, 6.07) is 11.6. The van der Waals surface area contributed by atoms with Crippen LogP contribution in [0.1, 0.15) is 78.1 Å². The van der Waals surface area contributed by atoms with Crippen molar-refractivity contribution in [2.45, 2.75) is 58.8 Å². The summed E-state index contributed by atoms with van der Waals surface area (Å²) in [5.41, 5.74) is 1.53. The van der Waals surface area contributed by atoms with Crippen molar-refractivity contribution in [1.82, 2.24) is 0 Å². The fraction of sp³-hybridized carbons (Fsp3) is 0.417. The lowest BCUT2D eigenvalue weighted by atomic mass is 10.1. The van der Waals surface area contributed by atoms with Crippen LogP contribution in [-0.4, -0.2) is 18.5 Å². The molecule has 0 bridgehead atoms. The summed E-state index contributed by atoms with van der Waals surface area (Å²) in [5, 5.41) is 0.356. The Hall–Kier alpha value is -2.33. The molecule has 2 aromatic rings. The van der Waals surface area contributed by atoms with Crippen molar-refractivity contribution in [2.75, 3.05) is 6.61 Å². The third-order valence-corrected chi connectivity index (χ3v) is 4.92. The molecule has 0 unspecified atom stereocenters. The lowest BCUT2D eigenvalue weighted by Gasteiger charge is -2.09.